The molecule has 0 aliphatic carbocycles. The van der Waals surface area contributed by atoms with Crippen LogP contribution in [-0.2, 0) is 25.9 Å². The first-order chi connectivity index (χ1) is 19.3. The van der Waals surface area contributed by atoms with Gasteiger partial charge in [0, 0.05) is 24.0 Å². The van der Waals surface area contributed by atoms with Crippen LogP contribution in [-0.4, -0.2) is 58.2 Å². The number of aryl methyl sites for hydroxylation is 1. The summed E-state index contributed by atoms with van der Waals surface area (Å²) < 4.78 is 45.7. The van der Waals surface area contributed by atoms with Crippen LogP contribution in [0.3, 0.4) is 0 Å². The van der Waals surface area contributed by atoms with Crippen LogP contribution in [0.2, 0.25) is 0 Å². The van der Waals surface area contributed by atoms with Crippen molar-refractivity contribution in [2.75, 3.05) is 37.2 Å². The number of furan rings is 1. The maximum Gasteiger partial charge on any atom is 0.342 e. The fraction of sp³-hybridized carbons (Fsp3) is 0.267. The third kappa shape index (κ3) is 5.20. The second kappa shape index (κ2) is 11.5. The molecule has 2 amide bonds. The third-order valence-corrected chi connectivity index (χ3v) is 8.46. The number of morpholine rings is 1. The molecule has 10 heteroatoms. The van der Waals surface area contributed by atoms with Crippen molar-refractivity contribution in [3.8, 4) is 11.3 Å². The Morgan fingerprint density at radius 3 is 2.30 bits per heavy atom. The van der Waals surface area contributed by atoms with Crippen LogP contribution < -0.4 is 4.31 Å². The van der Waals surface area contributed by atoms with Gasteiger partial charge in [-0.05, 0) is 49.2 Å². The van der Waals surface area contributed by atoms with E-state index in [9.17, 15) is 18.0 Å². The van der Waals surface area contributed by atoms with Crippen molar-refractivity contribution in [1.82, 2.24) is 4.90 Å². The van der Waals surface area contributed by atoms with Crippen molar-refractivity contribution in [2.45, 2.75) is 25.2 Å². The van der Waals surface area contributed by atoms with Gasteiger partial charge in [-0.2, -0.15) is 4.31 Å². The summed E-state index contributed by atoms with van der Waals surface area (Å²) in [5.41, 5.74) is 2.22. The van der Waals surface area contributed by atoms with Crippen LogP contribution in [0.25, 0.3) is 22.3 Å². The number of hydrogen-bond acceptors (Lipinski definition) is 7. The van der Waals surface area contributed by atoms with E-state index in [1.54, 1.807) is 37.3 Å². The van der Waals surface area contributed by atoms with Crippen molar-refractivity contribution in [2.24, 2.45) is 0 Å². The summed E-state index contributed by atoms with van der Waals surface area (Å²) in [4.78, 5) is 28.4. The number of carbonyl (C=O) groups excluding carboxylic acids is 2. The number of urea groups is 1. The molecule has 1 fully saturated rings. The molecule has 9 nitrogen and oxygen atoms in total. The summed E-state index contributed by atoms with van der Waals surface area (Å²) in [6, 6.07) is 19.4. The quantitative estimate of drug-likeness (QED) is 0.274. The van der Waals surface area contributed by atoms with Crippen molar-refractivity contribution in [3.63, 3.8) is 0 Å². The van der Waals surface area contributed by atoms with Gasteiger partial charge in [0.15, 0.2) is 0 Å². The van der Waals surface area contributed by atoms with Gasteiger partial charge in [0.05, 0.1) is 30.4 Å². The molecule has 5 rings (SSSR count). The van der Waals surface area contributed by atoms with Crippen LogP contribution in [0.5, 0.6) is 0 Å². The van der Waals surface area contributed by atoms with Crippen LogP contribution in [0, 0.1) is 0 Å². The van der Waals surface area contributed by atoms with Gasteiger partial charge >= 0.3 is 12.0 Å². The van der Waals surface area contributed by atoms with E-state index in [1.807, 2.05) is 25.1 Å². The lowest BCUT2D eigenvalue weighted by Crippen LogP contribution is -2.50. The Morgan fingerprint density at radius 1 is 0.950 bits per heavy atom. The molecule has 0 atom stereocenters. The number of anilines is 1. The molecule has 2 heterocycles. The van der Waals surface area contributed by atoms with E-state index in [-0.39, 0.29) is 35.8 Å². The average Bonchev–Trinajstić information content (AvgIpc) is 3.37. The first-order valence-electron chi connectivity index (χ1n) is 13.1. The SMILES string of the molecule is CCOC(=O)c1c(-c2ccccc2)oc2ccc(N(C(=O)N3CCOCC3)S(=O)(=O)c3ccc(CC)cc3)cc12. The zero-order valence-electron chi connectivity index (χ0n) is 22.3. The van der Waals surface area contributed by atoms with Gasteiger partial charge in [-0.1, -0.05) is 49.4 Å². The van der Waals surface area contributed by atoms with E-state index in [0.717, 1.165) is 16.3 Å². The predicted octanol–water partition coefficient (Wildman–Crippen LogP) is 5.49. The Labute approximate surface area is 232 Å². The molecule has 1 aliphatic rings. The van der Waals surface area contributed by atoms with Crippen LogP contribution in [0.15, 0.2) is 82.1 Å². The van der Waals surface area contributed by atoms with Crippen molar-refractivity contribution in [3.05, 3.63) is 83.9 Å². The second-order valence-corrected chi connectivity index (χ2v) is 11.0. The minimum atomic E-state index is -4.33. The van der Waals surface area contributed by atoms with Gasteiger partial charge < -0.3 is 18.8 Å². The Morgan fingerprint density at radius 2 is 1.65 bits per heavy atom. The first kappa shape index (κ1) is 27.4. The van der Waals surface area contributed by atoms with E-state index in [1.165, 1.54) is 29.2 Å². The summed E-state index contributed by atoms with van der Waals surface area (Å²) in [7, 11) is -4.33. The number of fused-ring (bicyclic) bond motifs is 1. The highest BCUT2D eigenvalue weighted by atomic mass is 32.2. The number of nitrogens with zero attached hydrogens (tertiary/aromatic N) is 2. The first-order valence-corrected chi connectivity index (χ1v) is 14.6. The molecule has 0 bridgehead atoms. The molecule has 3 aromatic carbocycles. The molecule has 0 unspecified atom stereocenters. The van der Waals surface area contributed by atoms with Crippen LogP contribution >= 0.6 is 0 Å². The van der Waals surface area contributed by atoms with Crippen LogP contribution in [0.1, 0.15) is 29.8 Å². The lowest BCUT2D eigenvalue weighted by atomic mass is 10.1. The highest BCUT2D eigenvalue weighted by Gasteiger charge is 2.36. The molecule has 0 saturated carbocycles. The largest absolute Gasteiger partial charge is 0.462 e. The smallest absolute Gasteiger partial charge is 0.342 e. The zero-order valence-corrected chi connectivity index (χ0v) is 23.1. The van der Waals surface area contributed by atoms with Gasteiger partial charge in [-0.15, -0.1) is 0 Å². The number of ether oxygens (including phenoxy) is 2. The molecule has 1 aromatic heterocycles. The van der Waals surface area contributed by atoms with E-state index >= 15 is 0 Å². The van der Waals surface area contributed by atoms with Crippen molar-refractivity contribution < 1.29 is 31.9 Å². The van der Waals surface area contributed by atoms with Gasteiger partial charge in [-0.25, -0.2) is 18.0 Å². The summed E-state index contributed by atoms with van der Waals surface area (Å²) in [6.07, 6.45) is 0.744. The number of hydrogen-bond donors (Lipinski definition) is 0. The van der Waals surface area contributed by atoms with E-state index in [4.69, 9.17) is 13.9 Å². The number of rotatable bonds is 7. The minimum absolute atomic E-state index is 0.0193. The molecule has 1 aliphatic heterocycles. The number of amides is 2. The third-order valence-electron chi connectivity index (χ3n) is 6.75. The standard InChI is InChI=1S/C30H30N2O7S/c1-3-21-10-13-24(14-11-21)40(35,36)32(30(34)31-16-18-37-19-17-31)23-12-15-26-25(20-23)27(29(33)38-4-2)28(39-26)22-8-6-5-7-9-22/h5-15,20H,3-4,16-19H2,1-2H3. The second-order valence-electron chi connectivity index (χ2n) is 9.22. The Bertz CT molecular complexity index is 1620. The molecule has 0 spiro atoms. The summed E-state index contributed by atoms with van der Waals surface area (Å²) in [5.74, 6) is -0.309. The number of carbonyl (C=O) groups is 2. The molecule has 208 valence electrons. The summed E-state index contributed by atoms with van der Waals surface area (Å²) in [5, 5.41) is 0.339. The Hall–Kier alpha value is -4.15. The predicted molar refractivity (Wildman–Crippen MR) is 151 cm³/mol. The number of sulfonamides is 1. The number of benzene rings is 3. The highest BCUT2D eigenvalue weighted by Crippen LogP contribution is 2.37. The lowest BCUT2D eigenvalue weighted by molar-refractivity contribution is 0.0528. The number of esters is 1. The maximum atomic E-state index is 14.0. The Kier molecular flexibility index (Phi) is 7.90. The molecule has 4 aromatic rings. The highest BCUT2D eigenvalue weighted by molar-refractivity contribution is 7.93. The van der Waals surface area contributed by atoms with Gasteiger partial charge in [-0.3, -0.25) is 0 Å². The maximum absolute atomic E-state index is 14.0. The molecule has 40 heavy (non-hydrogen) atoms. The van der Waals surface area contributed by atoms with E-state index < -0.39 is 22.0 Å². The monoisotopic (exact) mass is 562 g/mol. The topological polar surface area (TPSA) is 106 Å². The van der Waals surface area contributed by atoms with Crippen molar-refractivity contribution in [1.29, 1.82) is 0 Å². The normalized spacial score (nSPS) is 13.8. The van der Waals surface area contributed by atoms with E-state index in [2.05, 4.69) is 0 Å². The van der Waals surface area contributed by atoms with Crippen LogP contribution in [0.4, 0.5) is 10.5 Å². The van der Waals surface area contributed by atoms with E-state index in [0.29, 0.717) is 35.5 Å². The van der Waals surface area contributed by atoms with Gasteiger partial charge in [0.1, 0.15) is 16.9 Å². The zero-order chi connectivity index (χ0) is 28.3. The fourth-order valence-corrected chi connectivity index (χ4v) is 6.05. The molecule has 0 N–H and O–H groups in total. The lowest BCUT2D eigenvalue weighted by Gasteiger charge is -2.32. The minimum Gasteiger partial charge on any atom is -0.462 e. The molecular formula is C30H30N2O7S. The molecule has 0 radical (unpaired) electrons. The molecular weight excluding hydrogens is 532 g/mol. The van der Waals surface area contributed by atoms with Gasteiger partial charge in [0.25, 0.3) is 10.0 Å². The molecule has 1 saturated heterocycles. The summed E-state index contributed by atoms with van der Waals surface area (Å²) >= 11 is 0. The fourth-order valence-electron chi connectivity index (χ4n) is 4.65. The Balaban J connectivity index is 1.69. The van der Waals surface area contributed by atoms with Gasteiger partial charge in [0.2, 0.25) is 0 Å². The average molecular weight is 563 g/mol. The van der Waals surface area contributed by atoms with Crippen molar-refractivity contribution >= 4 is 38.7 Å². The summed E-state index contributed by atoms with van der Waals surface area (Å²) in [6.45, 7) is 4.93.